The van der Waals surface area contributed by atoms with Crippen LogP contribution in [0.4, 0.5) is 0 Å². The lowest BCUT2D eigenvalue weighted by Crippen LogP contribution is -2.27. The molecule has 1 aromatic heterocycles. The van der Waals surface area contributed by atoms with Gasteiger partial charge in [0.1, 0.15) is 6.54 Å². The minimum Gasteiger partial charge on any atom is -0.344 e. The summed E-state index contributed by atoms with van der Waals surface area (Å²) in [7, 11) is 0. The van der Waals surface area contributed by atoms with Gasteiger partial charge in [-0.2, -0.15) is 5.10 Å². The first-order chi connectivity index (χ1) is 6.63. The predicted octanol–water partition coefficient (Wildman–Crippen LogP) is 0.594. The maximum absolute atomic E-state index is 11.2. The van der Waals surface area contributed by atoms with Crippen LogP contribution in [0.25, 0.3) is 0 Å². The van der Waals surface area contributed by atoms with Gasteiger partial charge in [-0.25, -0.2) is 0 Å². The molecule has 0 bridgehead atoms. The van der Waals surface area contributed by atoms with E-state index in [0.717, 1.165) is 0 Å². The molecule has 0 radical (unpaired) electrons. The molecule has 0 aliphatic carbocycles. The van der Waals surface area contributed by atoms with E-state index in [4.69, 9.17) is 18.0 Å². The SMILES string of the molecule is C#CCNC(=O)Cn1cc(Cl)c(C)n1. The highest BCUT2D eigenvalue weighted by Gasteiger charge is 2.05. The summed E-state index contributed by atoms with van der Waals surface area (Å²) in [6.07, 6.45) is 6.59. The smallest absolute Gasteiger partial charge is 0.242 e. The second-order valence-electron chi connectivity index (χ2n) is 2.74. The van der Waals surface area contributed by atoms with Gasteiger partial charge in [-0.3, -0.25) is 9.48 Å². The lowest BCUT2D eigenvalue weighted by Gasteiger charge is -2.00. The van der Waals surface area contributed by atoms with Crippen LogP contribution in [-0.2, 0) is 11.3 Å². The van der Waals surface area contributed by atoms with E-state index in [1.807, 2.05) is 0 Å². The number of rotatable bonds is 3. The van der Waals surface area contributed by atoms with Crippen LogP contribution in [0.3, 0.4) is 0 Å². The van der Waals surface area contributed by atoms with Gasteiger partial charge in [0.15, 0.2) is 0 Å². The number of hydrogen-bond donors (Lipinski definition) is 1. The molecule has 5 heteroatoms. The Hall–Kier alpha value is -1.47. The maximum atomic E-state index is 11.2. The molecule has 14 heavy (non-hydrogen) atoms. The van der Waals surface area contributed by atoms with Crippen molar-refractivity contribution in [3.63, 3.8) is 0 Å². The van der Waals surface area contributed by atoms with Crippen LogP contribution < -0.4 is 5.32 Å². The Morgan fingerprint density at radius 3 is 3.07 bits per heavy atom. The number of amides is 1. The fourth-order valence-corrected chi connectivity index (χ4v) is 1.08. The molecule has 0 atom stereocenters. The molecule has 1 rings (SSSR count). The second kappa shape index (κ2) is 4.68. The van der Waals surface area contributed by atoms with Crippen molar-refractivity contribution in [2.24, 2.45) is 0 Å². The predicted molar refractivity (Wildman–Crippen MR) is 53.8 cm³/mol. The third-order valence-corrected chi connectivity index (χ3v) is 1.95. The normalized spacial score (nSPS) is 9.50. The summed E-state index contributed by atoms with van der Waals surface area (Å²) in [6, 6.07) is 0. The zero-order valence-electron chi connectivity index (χ0n) is 7.75. The van der Waals surface area contributed by atoms with Crippen LogP contribution >= 0.6 is 11.6 Å². The summed E-state index contributed by atoms with van der Waals surface area (Å²) in [6.45, 7) is 2.14. The van der Waals surface area contributed by atoms with Crippen LogP contribution in [0, 0.1) is 19.3 Å². The molecular formula is C9H10ClN3O. The van der Waals surface area contributed by atoms with E-state index in [1.54, 1.807) is 13.1 Å². The average molecular weight is 212 g/mol. The van der Waals surface area contributed by atoms with Crippen molar-refractivity contribution in [1.29, 1.82) is 0 Å². The number of nitrogens with one attached hydrogen (secondary N) is 1. The van der Waals surface area contributed by atoms with Gasteiger partial charge in [-0.1, -0.05) is 17.5 Å². The summed E-state index contributed by atoms with van der Waals surface area (Å²) in [5, 5.41) is 7.11. The summed E-state index contributed by atoms with van der Waals surface area (Å²) < 4.78 is 1.48. The first kappa shape index (κ1) is 10.6. The fraction of sp³-hybridized carbons (Fsp3) is 0.333. The number of aryl methyl sites for hydroxylation is 1. The summed E-state index contributed by atoms with van der Waals surface area (Å²) in [4.78, 5) is 11.2. The van der Waals surface area contributed by atoms with E-state index in [0.29, 0.717) is 10.7 Å². The zero-order valence-corrected chi connectivity index (χ0v) is 8.51. The molecule has 0 unspecified atom stereocenters. The molecule has 1 aromatic rings. The number of nitrogens with zero attached hydrogens (tertiary/aromatic N) is 2. The monoisotopic (exact) mass is 211 g/mol. The van der Waals surface area contributed by atoms with Crippen LogP contribution in [0.15, 0.2) is 6.20 Å². The van der Waals surface area contributed by atoms with Crippen LogP contribution in [0.5, 0.6) is 0 Å². The number of halogens is 1. The lowest BCUT2D eigenvalue weighted by atomic mass is 10.5. The minimum absolute atomic E-state index is 0.134. The minimum atomic E-state index is -0.179. The number of hydrogen-bond acceptors (Lipinski definition) is 2. The highest BCUT2D eigenvalue weighted by Crippen LogP contribution is 2.11. The highest BCUT2D eigenvalue weighted by atomic mass is 35.5. The standard InChI is InChI=1S/C9H10ClN3O/c1-3-4-11-9(14)6-13-5-8(10)7(2)12-13/h1,5H,4,6H2,2H3,(H,11,14). The van der Waals surface area contributed by atoms with Crippen LogP contribution in [0.1, 0.15) is 5.69 Å². The van der Waals surface area contributed by atoms with Gasteiger partial charge >= 0.3 is 0 Å². The van der Waals surface area contributed by atoms with Crippen molar-refractivity contribution < 1.29 is 4.79 Å². The average Bonchev–Trinajstić information content (AvgIpc) is 2.42. The second-order valence-corrected chi connectivity index (χ2v) is 3.15. The van der Waals surface area contributed by atoms with E-state index in [-0.39, 0.29) is 19.0 Å². The van der Waals surface area contributed by atoms with E-state index in [1.165, 1.54) is 4.68 Å². The topological polar surface area (TPSA) is 46.9 Å². The molecule has 0 fully saturated rings. The molecule has 1 amide bonds. The van der Waals surface area contributed by atoms with Crippen LogP contribution in [0.2, 0.25) is 5.02 Å². The third-order valence-electron chi connectivity index (χ3n) is 1.58. The lowest BCUT2D eigenvalue weighted by molar-refractivity contribution is -0.121. The molecule has 1 N–H and O–H groups in total. The maximum Gasteiger partial charge on any atom is 0.242 e. The summed E-state index contributed by atoms with van der Waals surface area (Å²) >= 11 is 5.77. The third kappa shape index (κ3) is 2.79. The van der Waals surface area contributed by atoms with E-state index in [2.05, 4.69) is 16.3 Å². The van der Waals surface area contributed by atoms with E-state index >= 15 is 0 Å². The van der Waals surface area contributed by atoms with Crippen molar-refractivity contribution in [2.75, 3.05) is 6.54 Å². The Bertz CT molecular complexity index is 358. The van der Waals surface area contributed by atoms with Crippen molar-refractivity contribution in [3.05, 3.63) is 16.9 Å². The fourth-order valence-electron chi connectivity index (χ4n) is 0.927. The van der Waals surface area contributed by atoms with Crippen LogP contribution in [-0.4, -0.2) is 22.2 Å². The van der Waals surface area contributed by atoms with Gasteiger partial charge < -0.3 is 5.32 Å². The number of terminal acetylenes is 1. The number of carbonyl (C=O) groups excluding carboxylic acids is 1. The first-order valence-corrected chi connectivity index (χ1v) is 4.41. The molecule has 1 heterocycles. The summed E-state index contributed by atoms with van der Waals surface area (Å²) in [5.41, 5.74) is 0.705. The Balaban J connectivity index is 2.53. The quantitative estimate of drug-likeness (QED) is 0.745. The molecule has 0 aliphatic heterocycles. The Morgan fingerprint density at radius 2 is 2.57 bits per heavy atom. The van der Waals surface area contributed by atoms with Crippen molar-refractivity contribution in [2.45, 2.75) is 13.5 Å². The highest BCUT2D eigenvalue weighted by molar-refractivity contribution is 6.31. The molecule has 4 nitrogen and oxygen atoms in total. The molecule has 0 aliphatic rings. The Morgan fingerprint density at radius 1 is 1.86 bits per heavy atom. The van der Waals surface area contributed by atoms with Crippen molar-refractivity contribution in [1.82, 2.24) is 15.1 Å². The number of aromatic nitrogens is 2. The van der Waals surface area contributed by atoms with Crippen molar-refractivity contribution in [3.8, 4) is 12.3 Å². The Labute approximate surface area is 87.2 Å². The number of carbonyl (C=O) groups is 1. The molecule has 0 aromatic carbocycles. The van der Waals surface area contributed by atoms with E-state index in [9.17, 15) is 4.79 Å². The molecule has 0 saturated heterocycles. The van der Waals surface area contributed by atoms with Gasteiger partial charge in [-0.05, 0) is 6.92 Å². The largest absolute Gasteiger partial charge is 0.344 e. The zero-order chi connectivity index (χ0) is 10.6. The van der Waals surface area contributed by atoms with Gasteiger partial charge in [0.2, 0.25) is 5.91 Å². The van der Waals surface area contributed by atoms with Gasteiger partial charge in [0.05, 0.1) is 17.3 Å². The van der Waals surface area contributed by atoms with Crippen molar-refractivity contribution >= 4 is 17.5 Å². The summed E-state index contributed by atoms with van der Waals surface area (Å²) in [5.74, 6) is 2.13. The van der Waals surface area contributed by atoms with Gasteiger partial charge in [0.25, 0.3) is 0 Å². The Kier molecular flexibility index (Phi) is 3.55. The molecule has 74 valence electrons. The molecule has 0 saturated carbocycles. The molecule has 0 spiro atoms. The molecular weight excluding hydrogens is 202 g/mol. The van der Waals surface area contributed by atoms with E-state index < -0.39 is 0 Å². The first-order valence-electron chi connectivity index (χ1n) is 4.03. The van der Waals surface area contributed by atoms with Gasteiger partial charge in [0, 0.05) is 6.20 Å². The van der Waals surface area contributed by atoms with Gasteiger partial charge in [-0.15, -0.1) is 6.42 Å².